The van der Waals surface area contributed by atoms with Gasteiger partial charge in [0.25, 0.3) is 0 Å². The summed E-state index contributed by atoms with van der Waals surface area (Å²) in [5.74, 6) is -0.0902. The van der Waals surface area contributed by atoms with Crippen LogP contribution < -0.4 is 4.90 Å². The number of carbonyl (C=O) groups excluding carboxylic acids is 1. The Kier molecular flexibility index (Phi) is 6.22. The van der Waals surface area contributed by atoms with Crippen LogP contribution in [-0.2, 0) is 6.54 Å². The molecule has 7 heteroatoms. The van der Waals surface area contributed by atoms with E-state index in [-0.39, 0.29) is 5.78 Å². The number of piperazine rings is 1. The van der Waals surface area contributed by atoms with E-state index in [1.807, 2.05) is 36.4 Å². The molecule has 1 saturated heterocycles. The van der Waals surface area contributed by atoms with Crippen molar-refractivity contribution < 1.29 is 4.79 Å². The van der Waals surface area contributed by atoms with Crippen molar-refractivity contribution in [1.29, 1.82) is 0 Å². The molecule has 0 unspecified atom stereocenters. The van der Waals surface area contributed by atoms with Gasteiger partial charge < -0.3 is 4.90 Å². The smallest absolute Gasteiger partial charge is 0.214 e. The van der Waals surface area contributed by atoms with E-state index >= 15 is 0 Å². The second-order valence-electron chi connectivity index (χ2n) is 7.20. The van der Waals surface area contributed by atoms with E-state index < -0.39 is 0 Å². The summed E-state index contributed by atoms with van der Waals surface area (Å²) in [5.41, 5.74) is 2.15. The Labute approximate surface area is 175 Å². The maximum absolute atomic E-state index is 12.4. The summed E-state index contributed by atoms with van der Waals surface area (Å²) in [6, 6.07) is 17.2. The lowest BCUT2D eigenvalue weighted by atomic mass is 10.1. The first-order chi connectivity index (χ1) is 14.2. The molecule has 0 saturated carbocycles. The number of aromatic nitrogens is 3. The van der Waals surface area contributed by atoms with Gasteiger partial charge in [0.15, 0.2) is 5.69 Å². The molecule has 0 bridgehead atoms. The maximum Gasteiger partial charge on any atom is 0.214 e. The molecule has 6 nitrogen and oxygen atoms in total. The molecular formula is C22H24ClN5O. The SMILES string of the molecule is O=C(c1ccccc1)c1cn(CCCN2CCN(c3ccccc3Cl)CC2)nn1. The van der Waals surface area contributed by atoms with Gasteiger partial charge in [-0.3, -0.25) is 14.4 Å². The minimum atomic E-state index is -0.0902. The molecule has 0 atom stereocenters. The van der Waals surface area contributed by atoms with Crippen LogP contribution in [0.25, 0.3) is 0 Å². The first kappa shape index (κ1) is 19.6. The lowest BCUT2D eigenvalue weighted by Gasteiger charge is -2.36. The number of para-hydroxylation sites is 1. The van der Waals surface area contributed by atoms with Crippen molar-refractivity contribution in [3.63, 3.8) is 0 Å². The molecule has 1 aliphatic rings. The van der Waals surface area contributed by atoms with Gasteiger partial charge in [-0.15, -0.1) is 5.10 Å². The fraction of sp³-hybridized carbons (Fsp3) is 0.318. The highest BCUT2D eigenvalue weighted by Gasteiger charge is 2.18. The summed E-state index contributed by atoms with van der Waals surface area (Å²) in [7, 11) is 0. The predicted octanol–water partition coefficient (Wildman–Crippen LogP) is 3.37. The van der Waals surface area contributed by atoms with Crippen molar-refractivity contribution in [3.05, 3.63) is 77.1 Å². The molecular weight excluding hydrogens is 386 g/mol. The van der Waals surface area contributed by atoms with Crippen LogP contribution in [0.3, 0.4) is 0 Å². The van der Waals surface area contributed by atoms with Crippen molar-refractivity contribution in [2.75, 3.05) is 37.6 Å². The van der Waals surface area contributed by atoms with Crippen molar-refractivity contribution >= 4 is 23.1 Å². The minimum absolute atomic E-state index is 0.0902. The summed E-state index contributed by atoms with van der Waals surface area (Å²) in [6.45, 7) is 5.73. The fourth-order valence-electron chi connectivity index (χ4n) is 3.63. The Morgan fingerprint density at radius 1 is 0.931 bits per heavy atom. The van der Waals surface area contributed by atoms with Crippen LogP contribution in [-0.4, -0.2) is 58.4 Å². The number of ketones is 1. The molecule has 0 spiro atoms. The molecule has 0 N–H and O–H groups in total. The minimum Gasteiger partial charge on any atom is -0.368 e. The molecule has 0 amide bonds. The van der Waals surface area contributed by atoms with Crippen molar-refractivity contribution in [3.8, 4) is 0 Å². The Morgan fingerprint density at radius 3 is 2.41 bits per heavy atom. The van der Waals surface area contributed by atoms with Gasteiger partial charge in [-0.1, -0.05) is 59.3 Å². The van der Waals surface area contributed by atoms with Crippen LogP contribution in [0.4, 0.5) is 5.69 Å². The lowest BCUT2D eigenvalue weighted by Crippen LogP contribution is -2.46. The molecule has 29 heavy (non-hydrogen) atoms. The zero-order chi connectivity index (χ0) is 20.1. The number of nitrogens with zero attached hydrogens (tertiary/aromatic N) is 5. The Bertz CT molecular complexity index is 951. The van der Waals surface area contributed by atoms with Gasteiger partial charge in [0.2, 0.25) is 5.78 Å². The molecule has 1 aromatic heterocycles. The molecule has 4 rings (SSSR count). The van der Waals surface area contributed by atoms with Crippen LogP contribution in [0.1, 0.15) is 22.5 Å². The standard InChI is InChI=1S/C22H24ClN5O/c23-19-9-4-5-10-21(19)27-15-13-26(14-16-27)11-6-12-28-17-20(24-25-28)22(29)18-7-2-1-3-8-18/h1-5,7-10,17H,6,11-16H2. The van der Waals surface area contributed by atoms with E-state index in [2.05, 4.69) is 26.2 Å². The van der Waals surface area contributed by atoms with Crippen molar-refractivity contribution in [2.24, 2.45) is 0 Å². The van der Waals surface area contributed by atoms with Gasteiger partial charge in [-0.05, 0) is 18.6 Å². The maximum atomic E-state index is 12.4. The predicted molar refractivity (Wildman–Crippen MR) is 115 cm³/mol. The third kappa shape index (κ3) is 4.83. The number of hydrogen-bond donors (Lipinski definition) is 0. The van der Waals surface area contributed by atoms with Gasteiger partial charge in [0, 0.05) is 44.8 Å². The third-order valence-electron chi connectivity index (χ3n) is 5.23. The number of halogens is 1. The first-order valence-electron chi connectivity index (χ1n) is 9.92. The summed E-state index contributed by atoms with van der Waals surface area (Å²) in [6.07, 6.45) is 2.71. The fourth-order valence-corrected chi connectivity index (χ4v) is 3.88. The van der Waals surface area contributed by atoms with E-state index in [0.717, 1.165) is 56.4 Å². The summed E-state index contributed by atoms with van der Waals surface area (Å²) in [5, 5.41) is 8.96. The largest absolute Gasteiger partial charge is 0.368 e. The molecule has 0 radical (unpaired) electrons. The quantitative estimate of drug-likeness (QED) is 0.560. The number of anilines is 1. The number of benzene rings is 2. The summed E-state index contributed by atoms with van der Waals surface area (Å²) in [4.78, 5) is 17.2. The number of aryl methyl sites for hydroxylation is 1. The third-order valence-corrected chi connectivity index (χ3v) is 5.55. The van der Waals surface area contributed by atoms with E-state index in [1.54, 1.807) is 23.0 Å². The number of carbonyl (C=O) groups is 1. The molecule has 2 aromatic carbocycles. The highest BCUT2D eigenvalue weighted by molar-refractivity contribution is 6.33. The second-order valence-corrected chi connectivity index (χ2v) is 7.60. The van der Waals surface area contributed by atoms with E-state index in [0.29, 0.717) is 11.3 Å². The molecule has 2 heterocycles. The van der Waals surface area contributed by atoms with Gasteiger partial charge in [-0.25, -0.2) is 0 Å². The van der Waals surface area contributed by atoms with Gasteiger partial charge in [0.1, 0.15) is 0 Å². The van der Waals surface area contributed by atoms with Crippen LogP contribution >= 0.6 is 11.6 Å². The first-order valence-corrected chi connectivity index (χ1v) is 10.3. The Morgan fingerprint density at radius 2 is 1.66 bits per heavy atom. The zero-order valence-electron chi connectivity index (χ0n) is 16.2. The van der Waals surface area contributed by atoms with E-state index in [9.17, 15) is 4.79 Å². The van der Waals surface area contributed by atoms with Gasteiger partial charge >= 0.3 is 0 Å². The summed E-state index contributed by atoms with van der Waals surface area (Å²) < 4.78 is 1.76. The van der Waals surface area contributed by atoms with E-state index in [1.165, 1.54) is 0 Å². The zero-order valence-corrected chi connectivity index (χ0v) is 17.0. The average Bonchev–Trinajstić information content (AvgIpc) is 3.24. The second kappa shape index (κ2) is 9.20. The van der Waals surface area contributed by atoms with Gasteiger partial charge in [0.05, 0.1) is 16.9 Å². The highest BCUT2D eigenvalue weighted by Crippen LogP contribution is 2.26. The molecule has 0 aliphatic carbocycles. The molecule has 3 aromatic rings. The van der Waals surface area contributed by atoms with Crippen LogP contribution in [0.2, 0.25) is 5.02 Å². The molecule has 1 aliphatic heterocycles. The van der Waals surface area contributed by atoms with Crippen molar-refractivity contribution in [1.82, 2.24) is 19.9 Å². The topological polar surface area (TPSA) is 54.3 Å². The number of hydrogen-bond acceptors (Lipinski definition) is 5. The van der Waals surface area contributed by atoms with Gasteiger partial charge in [-0.2, -0.15) is 0 Å². The Balaban J connectivity index is 1.23. The monoisotopic (exact) mass is 409 g/mol. The van der Waals surface area contributed by atoms with E-state index in [4.69, 9.17) is 11.6 Å². The molecule has 150 valence electrons. The van der Waals surface area contributed by atoms with Crippen LogP contribution in [0.5, 0.6) is 0 Å². The van der Waals surface area contributed by atoms with Crippen LogP contribution in [0, 0.1) is 0 Å². The summed E-state index contributed by atoms with van der Waals surface area (Å²) >= 11 is 6.31. The Hall–Kier alpha value is -2.70. The van der Waals surface area contributed by atoms with Crippen LogP contribution in [0.15, 0.2) is 60.8 Å². The lowest BCUT2D eigenvalue weighted by molar-refractivity contribution is 0.103. The van der Waals surface area contributed by atoms with Crippen molar-refractivity contribution in [2.45, 2.75) is 13.0 Å². The average molecular weight is 410 g/mol. The molecule has 1 fully saturated rings. The number of rotatable bonds is 7. The normalized spacial score (nSPS) is 14.9. The highest BCUT2D eigenvalue weighted by atomic mass is 35.5.